The van der Waals surface area contributed by atoms with Gasteiger partial charge in [0.25, 0.3) is 0 Å². The number of rotatable bonds is 8. The average molecular weight is 537 g/mol. The number of nitrogens with two attached hydrogens (primary N) is 1. The summed E-state index contributed by atoms with van der Waals surface area (Å²) in [6.07, 6.45) is 1.07. The Hall–Kier alpha value is -2.56. The zero-order valence-electron chi connectivity index (χ0n) is 19.6. The topological polar surface area (TPSA) is 229 Å². The summed E-state index contributed by atoms with van der Waals surface area (Å²) in [5.74, 6) is -5.56. The molecule has 0 radical (unpaired) electrons. The molecule has 0 saturated carbocycles. The van der Waals surface area contributed by atoms with Crippen LogP contribution in [0.5, 0.6) is 0 Å². The van der Waals surface area contributed by atoms with Crippen molar-refractivity contribution in [2.75, 3.05) is 31.4 Å². The van der Waals surface area contributed by atoms with Gasteiger partial charge in [-0.15, -0.1) is 11.8 Å². The molecule has 0 spiro atoms. The summed E-state index contributed by atoms with van der Waals surface area (Å²) in [6.45, 7) is 0.514. The lowest BCUT2D eigenvalue weighted by atomic mass is 10.1. The maximum absolute atomic E-state index is 13.1. The molecule has 35 heavy (non-hydrogen) atoms. The van der Waals surface area contributed by atoms with E-state index in [0.29, 0.717) is 5.75 Å². The molecule has 1 aliphatic heterocycles. The molecule has 5 atom stereocenters. The molecule has 16 heteroatoms. The number of thioether (sulfide) groups is 2. The maximum Gasteiger partial charge on any atom is 0.340 e. The van der Waals surface area contributed by atoms with E-state index in [1.165, 1.54) is 25.7 Å². The van der Waals surface area contributed by atoms with Crippen molar-refractivity contribution in [3.8, 4) is 0 Å². The zero-order valence-corrected chi connectivity index (χ0v) is 21.2. The number of aliphatic hydroxyl groups is 1. The van der Waals surface area contributed by atoms with Crippen LogP contribution in [0.25, 0.3) is 0 Å². The number of hydrogen-bond donors (Lipinski definition) is 8. The Labute approximate surface area is 210 Å². The highest BCUT2D eigenvalue weighted by molar-refractivity contribution is 8.01. The number of aliphatic carboxylic acids is 1. The van der Waals surface area contributed by atoms with E-state index in [0.717, 1.165) is 11.8 Å². The van der Waals surface area contributed by atoms with Crippen molar-refractivity contribution >= 4 is 59.0 Å². The Bertz CT molecular complexity index is 831. The molecule has 5 amide bonds. The van der Waals surface area contributed by atoms with Crippen molar-refractivity contribution in [3.63, 3.8) is 0 Å². The number of amides is 5. The monoisotopic (exact) mass is 536 g/mol. The SMILES string of the molecule is CN[C@H]1CS[C@](CCSC)(C(=O)O)NC(=O)C(CC(N)=O)NC(=O)C(C)NC(=O)C(CO)NC1=O. The van der Waals surface area contributed by atoms with Crippen LogP contribution in [0.15, 0.2) is 0 Å². The molecule has 9 N–H and O–H groups in total. The van der Waals surface area contributed by atoms with Crippen LogP contribution in [-0.4, -0.2) is 106 Å². The molecule has 1 fully saturated rings. The molecular weight excluding hydrogens is 504 g/mol. The quantitative estimate of drug-likeness (QED) is 0.151. The maximum atomic E-state index is 13.1. The number of nitrogens with one attached hydrogen (secondary N) is 5. The summed E-state index contributed by atoms with van der Waals surface area (Å²) in [6, 6.07) is -5.16. The third-order valence-corrected chi connectivity index (χ3v) is 7.18. The molecule has 0 bridgehead atoms. The second kappa shape index (κ2) is 14.1. The van der Waals surface area contributed by atoms with Gasteiger partial charge in [0, 0.05) is 5.75 Å². The second-order valence-electron chi connectivity index (χ2n) is 7.72. The van der Waals surface area contributed by atoms with Crippen LogP contribution in [0.2, 0.25) is 0 Å². The smallest absolute Gasteiger partial charge is 0.340 e. The van der Waals surface area contributed by atoms with Gasteiger partial charge in [0.1, 0.15) is 18.1 Å². The minimum absolute atomic E-state index is 0.0507. The van der Waals surface area contributed by atoms with Gasteiger partial charge in [0.2, 0.25) is 29.5 Å². The predicted molar refractivity (Wildman–Crippen MR) is 129 cm³/mol. The molecule has 1 aliphatic rings. The van der Waals surface area contributed by atoms with Gasteiger partial charge in [-0.3, -0.25) is 24.0 Å². The van der Waals surface area contributed by atoms with E-state index in [9.17, 15) is 39.0 Å². The molecule has 1 rings (SSSR count). The van der Waals surface area contributed by atoms with Gasteiger partial charge < -0.3 is 42.5 Å². The fourth-order valence-electron chi connectivity index (χ4n) is 2.99. The second-order valence-corrected chi connectivity index (χ2v) is 10.0. The molecule has 0 aliphatic carbocycles. The first-order valence-electron chi connectivity index (χ1n) is 10.6. The Kier molecular flexibility index (Phi) is 12.3. The van der Waals surface area contributed by atoms with E-state index >= 15 is 0 Å². The van der Waals surface area contributed by atoms with E-state index in [4.69, 9.17) is 5.73 Å². The number of primary amides is 1. The molecule has 0 aromatic heterocycles. The fraction of sp³-hybridized carbons (Fsp3) is 0.684. The van der Waals surface area contributed by atoms with Crippen LogP contribution < -0.4 is 32.3 Å². The third-order valence-electron chi connectivity index (χ3n) is 5.10. The van der Waals surface area contributed by atoms with Crippen LogP contribution in [0.4, 0.5) is 0 Å². The van der Waals surface area contributed by atoms with Crippen molar-refractivity contribution in [2.45, 2.75) is 48.8 Å². The van der Waals surface area contributed by atoms with Gasteiger partial charge in [-0.2, -0.15) is 11.8 Å². The normalized spacial score (nSPS) is 29.0. The van der Waals surface area contributed by atoms with Crippen LogP contribution in [0.3, 0.4) is 0 Å². The van der Waals surface area contributed by atoms with Gasteiger partial charge in [0.15, 0.2) is 4.87 Å². The molecule has 1 saturated heterocycles. The molecule has 3 unspecified atom stereocenters. The Balaban J connectivity index is 3.50. The fourth-order valence-corrected chi connectivity index (χ4v) is 4.95. The first kappa shape index (κ1) is 30.5. The number of carbonyl (C=O) groups is 6. The van der Waals surface area contributed by atoms with Gasteiger partial charge in [-0.1, -0.05) is 0 Å². The van der Waals surface area contributed by atoms with E-state index in [2.05, 4.69) is 26.6 Å². The summed E-state index contributed by atoms with van der Waals surface area (Å²) < 4.78 is 0. The van der Waals surface area contributed by atoms with E-state index in [1.54, 1.807) is 6.26 Å². The molecule has 0 aromatic carbocycles. The zero-order chi connectivity index (χ0) is 26.8. The van der Waals surface area contributed by atoms with Crippen molar-refractivity contribution in [3.05, 3.63) is 0 Å². The Morgan fingerprint density at radius 2 is 1.74 bits per heavy atom. The van der Waals surface area contributed by atoms with Gasteiger partial charge in [-0.25, -0.2) is 4.79 Å². The van der Waals surface area contributed by atoms with Gasteiger partial charge in [-0.05, 0) is 32.4 Å². The number of carboxylic acids is 1. The number of carbonyl (C=O) groups excluding carboxylic acids is 5. The summed E-state index contributed by atoms with van der Waals surface area (Å²) in [7, 11) is 1.45. The molecule has 198 valence electrons. The van der Waals surface area contributed by atoms with Crippen LogP contribution in [0, 0.1) is 0 Å². The number of carboxylic acid groups (broad SMARTS) is 1. The summed E-state index contributed by atoms with van der Waals surface area (Å²) in [5, 5.41) is 31.7. The lowest BCUT2D eigenvalue weighted by Crippen LogP contribution is -2.60. The number of likely N-dealkylation sites (N-methyl/N-ethyl adjacent to an activating group) is 1. The minimum atomic E-state index is -1.91. The first-order chi connectivity index (χ1) is 16.4. The van der Waals surface area contributed by atoms with E-state index < -0.39 is 77.6 Å². The average Bonchev–Trinajstić information content (AvgIpc) is 2.79. The summed E-state index contributed by atoms with van der Waals surface area (Å²) in [4.78, 5) is 72.9. The van der Waals surface area contributed by atoms with Crippen LogP contribution in [-0.2, 0) is 28.8 Å². The largest absolute Gasteiger partial charge is 0.479 e. The Morgan fingerprint density at radius 1 is 1.11 bits per heavy atom. The highest BCUT2D eigenvalue weighted by Gasteiger charge is 2.43. The van der Waals surface area contributed by atoms with Crippen molar-refractivity contribution in [1.82, 2.24) is 26.6 Å². The van der Waals surface area contributed by atoms with Gasteiger partial charge in [0.05, 0.1) is 19.1 Å². The number of aliphatic hydroxyl groups excluding tert-OH is 1. The summed E-state index contributed by atoms with van der Waals surface area (Å²) in [5.41, 5.74) is 5.22. The first-order valence-corrected chi connectivity index (χ1v) is 12.9. The van der Waals surface area contributed by atoms with Crippen molar-refractivity contribution in [1.29, 1.82) is 0 Å². The van der Waals surface area contributed by atoms with Crippen LogP contribution >= 0.6 is 23.5 Å². The van der Waals surface area contributed by atoms with Crippen molar-refractivity contribution in [2.24, 2.45) is 5.73 Å². The molecule has 0 aromatic rings. The van der Waals surface area contributed by atoms with Crippen molar-refractivity contribution < 1.29 is 39.0 Å². The highest BCUT2D eigenvalue weighted by atomic mass is 32.2. The van der Waals surface area contributed by atoms with E-state index in [-0.39, 0.29) is 12.2 Å². The van der Waals surface area contributed by atoms with E-state index in [1.807, 2.05) is 0 Å². The Morgan fingerprint density at radius 3 is 2.26 bits per heavy atom. The highest BCUT2D eigenvalue weighted by Crippen LogP contribution is 2.29. The molecule has 1 heterocycles. The standard InChI is InChI=1S/C19H32N6O8S2/c1-9-14(28)23-10(6-13(20)27)17(31)25-19(18(32)33,4-5-34-3)35-8-12(21-2)16(30)24-11(7-26)15(29)22-9/h9-12,21,26H,4-8H2,1-3H3,(H2,20,27)(H,22,29)(H,23,28)(H,24,30)(H,25,31)(H,32,33)/t9?,10?,11?,12-,19+/m0/s1. The lowest BCUT2D eigenvalue weighted by molar-refractivity contribution is -0.144. The lowest BCUT2D eigenvalue weighted by Gasteiger charge is -2.32. The summed E-state index contributed by atoms with van der Waals surface area (Å²) >= 11 is 2.09. The molecular formula is C19H32N6O8S2. The minimum Gasteiger partial charge on any atom is -0.479 e. The predicted octanol–water partition coefficient (Wildman–Crippen LogP) is -3.69. The van der Waals surface area contributed by atoms with Crippen LogP contribution in [0.1, 0.15) is 19.8 Å². The third kappa shape index (κ3) is 8.87. The van der Waals surface area contributed by atoms with Gasteiger partial charge >= 0.3 is 5.97 Å². The number of hydrogen-bond acceptors (Lipinski definition) is 10. The molecule has 14 nitrogen and oxygen atoms in total.